The summed E-state index contributed by atoms with van der Waals surface area (Å²) in [5, 5.41) is 0.140. The molecule has 1 rings (SSSR count). The van der Waals surface area contributed by atoms with Gasteiger partial charge < -0.3 is 4.74 Å². The Morgan fingerprint density at radius 3 is 2.33 bits per heavy atom. The van der Waals surface area contributed by atoms with E-state index in [0.717, 1.165) is 5.71 Å². The average molecular weight is 269 g/mol. The fourth-order valence-electron chi connectivity index (χ4n) is 1.30. The van der Waals surface area contributed by atoms with E-state index in [4.69, 9.17) is 4.74 Å². The van der Waals surface area contributed by atoms with Crippen LogP contribution in [0.4, 0.5) is 4.79 Å². The number of nitrogens with one attached hydrogen (secondary N) is 1. The van der Waals surface area contributed by atoms with Crippen molar-refractivity contribution in [3.05, 3.63) is 24.3 Å². The third kappa shape index (κ3) is 5.40. The minimum atomic E-state index is -0.464. The molecule has 5 heteroatoms. The van der Waals surface area contributed by atoms with Crippen molar-refractivity contribution >= 4 is 23.8 Å². The van der Waals surface area contributed by atoms with Gasteiger partial charge in [-0.05, 0) is 32.7 Å². The maximum atomic E-state index is 11.5. The summed E-state index contributed by atoms with van der Waals surface area (Å²) in [4.78, 5) is 11.5. The van der Waals surface area contributed by atoms with E-state index in [0.29, 0.717) is 0 Å². The Hall–Kier alpha value is -1.23. The van der Waals surface area contributed by atoms with E-state index in [2.05, 4.69) is 4.72 Å². The van der Waals surface area contributed by atoms with Crippen LogP contribution in [0.25, 0.3) is 0 Å². The van der Waals surface area contributed by atoms with Crippen molar-refractivity contribution in [2.45, 2.75) is 31.6 Å². The number of carbonyl (C=O) groups is 1. The van der Waals surface area contributed by atoms with Gasteiger partial charge in [0.05, 0.1) is 5.25 Å². The smallest absolute Gasteiger partial charge is 0.417 e. The highest BCUT2D eigenvalue weighted by Crippen LogP contribution is 2.15. The number of rotatable bonds is 2. The van der Waals surface area contributed by atoms with Crippen molar-refractivity contribution in [1.29, 1.82) is 0 Å². The second-order valence-electron chi connectivity index (χ2n) is 5.22. The van der Waals surface area contributed by atoms with Crippen molar-refractivity contribution in [1.82, 2.24) is 4.72 Å². The molecule has 0 aliphatic heterocycles. The summed E-state index contributed by atoms with van der Waals surface area (Å²) in [5.74, 6) is 0. The molecule has 0 saturated heterocycles. The van der Waals surface area contributed by atoms with Gasteiger partial charge in [0.1, 0.15) is 19.7 Å². The predicted octanol–water partition coefficient (Wildman–Crippen LogP) is 2.37. The van der Waals surface area contributed by atoms with Gasteiger partial charge in [0, 0.05) is 12.2 Å². The SMILES string of the molecule is C[N+](C)=C1C=CC(SNC(=O)OC(C)(C)C)C=C1. The van der Waals surface area contributed by atoms with E-state index in [-0.39, 0.29) is 5.25 Å². The number of carbonyl (C=O) groups excluding carboxylic acids is 1. The molecule has 0 aromatic rings. The Morgan fingerprint density at radius 1 is 1.33 bits per heavy atom. The minimum absolute atomic E-state index is 0.140. The first kappa shape index (κ1) is 14.8. The van der Waals surface area contributed by atoms with Crippen LogP contribution in [0.15, 0.2) is 24.3 Å². The van der Waals surface area contributed by atoms with Crippen LogP contribution in [0.5, 0.6) is 0 Å². The molecule has 4 nitrogen and oxygen atoms in total. The molecule has 1 aliphatic rings. The van der Waals surface area contributed by atoms with Crippen LogP contribution in [-0.4, -0.2) is 41.3 Å². The summed E-state index contributed by atoms with van der Waals surface area (Å²) in [6.07, 6.45) is 7.74. The number of nitrogens with zero attached hydrogens (tertiary/aromatic N) is 1. The van der Waals surface area contributed by atoms with E-state index < -0.39 is 11.7 Å². The van der Waals surface area contributed by atoms with Crippen molar-refractivity contribution in [2.75, 3.05) is 14.1 Å². The van der Waals surface area contributed by atoms with Crippen LogP contribution < -0.4 is 4.72 Å². The molecule has 0 fully saturated rings. The van der Waals surface area contributed by atoms with Gasteiger partial charge in [-0.2, -0.15) is 0 Å². The van der Waals surface area contributed by atoms with Crippen LogP contribution in [0, 0.1) is 0 Å². The second-order valence-corrected chi connectivity index (χ2v) is 6.21. The number of amides is 1. The Balaban J connectivity index is 2.39. The summed E-state index contributed by atoms with van der Waals surface area (Å²) in [6, 6.07) is 0. The number of hydrogen-bond donors (Lipinski definition) is 1. The summed E-state index contributed by atoms with van der Waals surface area (Å²) in [7, 11) is 3.99. The third-order valence-corrected chi connectivity index (χ3v) is 2.98. The lowest BCUT2D eigenvalue weighted by atomic mass is 10.2. The molecular formula is C13H21N2O2S+. The molecule has 0 atom stereocenters. The number of ether oxygens (including phenoxy) is 1. The van der Waals surface area contributed by atoms with Gasteiger partial charge in [-0.1, -0.05) is 12.2 Å². The van der Waals surface area contributed by atoms with Gasteiger partial charge in [0.2, 0.25) is 0 Å². The molecule has 0 heterocycles. The maximum absolute atomic E-state index is 11.5. The summed E-state index contributed by atoms with van der Waals surface area (Å²) >= 11 is 1.33. The molecule has 0 bridgehead atoms. The number of hydrogen-bond acceptors (Lipinski definition) is 3. The van der Waals surface area contributed by atoms with Crippen molar-refractivity contribution in [3.8, 4) is 0 Å². The number of allylic oxidation sites excluding steroid dienone is 2. The molecule has 0 aromatic heterocycles. The first-order valence-corrected chi connectivity index (χ1v) is 6.71. The summed E-state index contributed by atoms with van der Waals surface area (Å²) in [6.45, 7) is 5.53. The van der Waals surface area contributed by atoms with E-state index in [1.807, 2.05) is 63.7 Å². The van der Waals surface area contributed by atoms with Gasteiger partial charge in [-0.25, -0.2) is 9.37 Å². The molecular weight excluding hydrogens is 248 g/mol. The van der Waals surface area contributed by atoms with Gasteiger partial charge in [0.25, 0.3) is 0 Å². The Labute approximate surface area is 113 Å². The maximum Gasteiger partial charge on any atom is 0.417 e. The van der Waals surface area contributed by atoms with Crippen LogP contribution in [0.2, 0.25) is 0 Å². The minimum Gasteiger partial charge on any atom is -0.443 e. The molecule has 0 unspecified atom stereocenters. The zero-order chi connectivity index (χ0) is 13.8. The predicted molar refractivity (Wildman–Crippen MR) is 76.1 cm³/mol. The van der Waals surface area contributed by atoms with Gasteiger partial charge in [-0.3, -0.25) is 4.72 Å². The van der Waals surface area contributed by atoms with Crippen molar-refractivity contribution in [3.63, 3.8) is 0 Å². The van der Waals surface area contributed by atoms with Gasteiger partial charge in [0.15, 0.2) is 5.71 Å². The van der Waals surface area contributed by atoms with Crippen molar-refractivity contribution in [2.24, 2.45) is 0 Å². The fraction of sp³-hybridized carbons (Fsp3) is 0.538. The molecule has 0 spiro atoms. The Bertz CT molecular complexity index is 386. The van der Waals surface area contributed by atoms with Crippen LogP contribution in [0.1, 0.15) is 20.8 Å². The standard InChI is InChI=1S/C13H20N2O2S/c1-13(2,3)17-12(16)14-18-11-8-6-10(7-9-11)15(4)5/h6-9,11H,1-5H3/p+1. The normalized spacial score (nSPS) is 18.7. The molecule has 0 aromatic carbocycles. The molecule has 0 saturated carbocycles. The molecule has 100 valence electrons. The van der Waals surface area contributed by atoms with E-state index in [1.54, 1.807) is 0 Å². The summed E-state index contributed by atoms with van der Waals surface area (Å²) in [5.41, 5.74) is 0.679. The zero-order valence-electron chi connectivity index (χ0n) is 11.6. The van der Waals surface area contributed by atoms with Crippen LogP contribution in [0.3, 0.4) is 0 Å². The lowest BCUT2D eigenvalue weighted by Crippen LogP contribution is -2.30. The highest BCUT2D eigenvalue weighted by molar-refractivity contribution is 7.98. The first-order chi connectivity index (χ1) is 8.28. The topological polar surface area (TPSA) is 41.3 Å². The Morgan fingerprint density at radius 2 is 1.89 bits per heavy atom. The summed E-state index contributed by atoms with van der Waals surface area (Å²) < 4.78 is 9.88. The largest absolute Gasteiger partial charge is 0.443 e. The molecule has 1 N–H and O–H groups in total. The Kier molecular flexibility index (Phi) is 5.02. The molecule has 18 heavy (non-hydrogen) atoms. The monoisotopic (exact) mass is 269 g/mol. The zero-order valence-corrected chi connectivity index (χ0v) is 12.4. The van der Waals surface area contributed by atoms with E-state index in [9.17, 15) is 4.79 Å². The highest BCUT2D eigenvalue weighted by atomic mass is 32.2. The first-order valence-electron chi connectivity index (χ1n) is 5.83. The van der Waals surface area contributed by atoms with E-state index in [1.165, 1.54) is 11.9 Å². The molecule has 1 amide bonds. The average Bonchev–Trinajstić information content (AvgIpc) is 2.24. The van der Waals surface area contributed by atoms with Crippen molar-refractivity contribution < 1.29 is 14.1 Å². The molecule has 0 radical (unpaired) electrons. The lowest BCUT2D eigenvalue weighted by molar-refractivity contribution is -0.462. The van der Waals surface area contributed by atoms with Crippen LogP contribution in [-0.2, 0) is 4.74 Å². The third-order valence-electron chi connectivity index (χ3n) is 2.11. The van der Waals surface area contributed by atoms with Crippen LogP contribution >= 0.6 is 11.9 Å². The van der Waals surface area contributed by atoms with Gasteiger partial charge in [-0.15, -0.1) is 0 Å². The van der Waals surface area contributed by atoms with Gasteiger partial charge >= 0.3 is 6.09 Å². The quantitative estimate of drug-likeness (QED) is 0.618. The molecule has 1 aliphatic carbocycles. The highest BCUT2D eigenvalue weighted by Gasteiger charge is 2.17. The fourth-order valence-corrected chi connectivity index (χ4v) is 1.89. The lowest BCUT2D eigenvalue weighted by Gasteiger charge is -2.20. The second kappa shape index (κ2) is 6.09. The van der Waals surface area contributed by atoms with E-state index >= 15 is 0 Å².